The van der Waals surface area contributed by atoms with Gasteiger partial charge in [0.15, 0.2) is 0 Å². The molecule has 3 N–H and O–H groups in total. The lowest BCUT2D eigenvalue weighted by Gasteiger charge is -2.33. The van der Waals surface area contributed by atoms with Crippen molar-refractivity contribution >= 4 is 29.0 Å². The van der Waals surface area contributed by atoms with Crippen LogP contribution in [0.4, 0.5) is 17.1 Å². The summed E-state index contributed by atoms with van der Waals surface area (Å²) in [5, 5.41) is 24.2. The first-order valence-corrected chi connectivity index (χ1v) is 10.9. The third-order valence-electron chi connectivity index (χ3n) is 5.39. The molecule has 8 heteroatoms. The third-order valence-corrected chi connectivity index (χ3v) is 5.39. The Morgan fingerprint density at radius 3 is 2.58 bits per heavy atom. The molecule has 0 aromatic heterocycles. The summed E-state index contributed by atoms with van der Waals surface area (Å²) in [6.45, 7) is 10.2. The number of nitrogens with one attached hydrogen (secondary N) is 1. The summed E-state index contributed by atoms with van der Waals surface area (Å²) in [6.07, 6.45) is 2.04. The number of carbonyl (C=O) groups excluding carboxylic acids is 1. The number of aliphatic carboxylic acids is 1. The van der Waals surface area contributed by atoms with Crippen LogP contribution in [0.5, 0.6) is 5.75 Å². The quantitative estimate of drug-likeness (QED) is 0.292. The van der Waals surface area contributed by atoms with Crippen LogP contribution in [-0.2, 0) is 26.2 Å². The van der Waals surface area contributed by atoms with Gasteiger partial charge >= 0.3 is 11.9 Å². The van der Waals surface area contributed by atoms with Crippen molar-refractivity contribution in [2.24, 2.45) is 0 Å². The van der Waals surface area contributed by atoms with E-state index >= 15 is 0 Å². The Labute approximate surface area is 194 Å². The first-order valence-electron chi connectivity index (χ1n) is 10.9. The number of hydrogen-bond acceptors (Lipinski definition) is 7. The maximum Gasteiger partial charge on any atom is 0.330 e. The van der Waals surface area contributed by atoms with Gasteiger partial charge in [-0.3, -0.25) is 15.2 Å². The summed E-state index contributed by atoms with van der Waals surface area (Å²) in [6, 6.07) is 11.5. The highest BCUT2D eigenvalue weighted by molar-refractivity contribution is 5.83. The Morgan fingerprint density at radius 1 is 1.18 bits per heavy atom. The molecule has 8 nitrogen and oxygen atoms in total. The molecule has 0 saturated heterocycles. The molecule has 0 aliphatic carbocycles. The minimum absolute atomic E-state index is 0.000161. The van der Waals surface area contributed by atoms with Gasteiger partial charge in [0.1, 0.15) is 11.4 Å². The Kier molecular flexibility index (Phi) is 7.16. The molecule has 3 rings (SSSR count). The van der Waals surface area contributed by atoms with Gasteiger partial charge in [0.25, 0.3) is 0 Å². The molecular formula is C25H31N3O5. The molecular weight excluding hydrogens is 422 g/mol. The van der Waals surface area contributed by atoms with E-state index in [1.165, 1.54) is 0 Å². The van der Waals surface area contributed by atoms with E-state index in [0.29, 0.717) is 25.1 Å². The van der Waals surface area contributed by atoms with Crippen molar-refractivity contribution in [3.63, 3.8) is 0 Å². The molecule has 0 radical (unpaired) electrons. The second-order valence-corrected chi connectivity index (χ2v) is 8.94. The van der Waals surface area contributed by atoms with Gasteiger partial charge in [-0.05, 0) is 35.6 Å². The maximum absolute atomic E-state index is 11.4. The summed E-state index contributed by atoms with van der Waals surface area (Å²) in [7, 11) is 0. The van der Waals surface area contributed by atoms with Crippen LogP contribution in [0.3, 0.4) is 0 Å². The predicted octanol–water partition coefficient (Wildman–Crippen LogP) is 4.39. The van der Waals surface area contributed by atoms with Gasteiger partial charge in [-0.2, -0.15) is 5.12 Å². The molecule has 1 aliphatic heterocycles. The second-order valence-electron chi connectivity index (χ2n) is 8.94. The molecule has 0 amide bonds. The fourth-order valence-electron chi connectivity index (χ4n) is 3.74. The number of hydrogen-bond donors (Lipinski definition) is 3. The van der Waals surface area contributed by atoms with E-state index in [1.807, 2.05) is 62.2 Å². The van der Waals surface area contributed by atoms with Crippen molar-refractivity contribution in [1.29, 1.82) is 0 Å². The minimum Gasteiger partial charge on any atom is -0.505 e. The Hall–Kier alpha value is -3.68. The van der Waals surface area contributed by atoms with Crippen molar-refractivity contribution in [2.75, 3.05) is 28.7 Å². The topological polar surface area (TPSA) is 102 Å². The number of benzene rings is 2. The highest BCUT2D eigenvalue weighted by atomic mass is 16.5. The molecule has 0 bridgehead atoms. The summed E-state index contributed by atoms with van der Waals surface area (Å²) in [5.74, 6) is -1.21. The molecule has 0 unspecified atom stereocenters. The van der Waals surface area contributed by atoms with Gasteiger partial charge in [-0.15, -0.1) is 0 Å². The number of nitrogens with zero attached hydrogens (tertiary/aromatic N) is 2. The number of fused-ring (bicyclic) bond motifs is 1. The summed E-state index contributed by atoms with van der Waals surface area (Å²) < 4.78 is 5.11. The molecule has 176 valence electrons. The van der Waals surface area contributed by atoms with Crippen molar-refractivity contribution < 1.29 is 24.5 Å². The third kappa shape index (κ3) is 5.58. The summed E-state index contributed by atoms with van der Waals surface area (Å²) >= 11 is 0. The zero-order valence-electron chi connectivity index (χ0n) is 19.3. The van der Waals surface area contributed by atoms with Gasteiger partial charge in [0, 0.05) is 31.0 Å². The number of aromatic hydroxyl groups is 1. The zero-order chi connectivity index (χ0) is 24.2. The Balaban J connectivity index is 1.97. The highest BCUT2D eigenvalue weighted by Crippen LogP contribution is 2.44. The van der Waals surface area contributed by atoms with Gasteiger partial charge in [0.05, 0.1) is 18.0 Å². The number of hydrazine groups is 2. The van der Waals surface area contributed by atoms with E-state index in [-0.39, 0.29) is 24.2 Å². The van der Waals surface area contributed by atoms with Gasteiger partial charge < -0.3 is 14.9 Å². The van der Waals surface area contributed by atoms with Crippen LogP contribution in [0, 0.1) is 0 Å². The van der Waals surface area contributed by atoms with E-state index in [1.54, 1.807) is 5.12 Å². The van der Waals surface area contributed by atoms with Crippen LogP contribution >= 0.6 is 0 Å². The number of para-hydroxylation sites is 2. The highest BCUT2D eigenvalue weighted by Gasteiger charge is 2.31. The maximum atomic E-state index is 11.4. The lowest BCUT2D eigenvalue weighted by Crippen LogP contribution is -2.43. The first kappa shape index (κ1) is 24.0. The van der Waals surface area contributed by atoms with E-state index < -0.39 is 11.9 Å². The lowest BCUT2D eigenvalue weighted by molar-refractivity contribution is -0.138. The lowest BCUT2D eigenvalue weighted by atomic mass is 9.84. The van der Waals surface area contributed by atoms with Crippen LogP contribution in [-0.4, -0.2) is 35.3 Å². The number of aryl methyl sites for hydroxylation is 1. The predicted molar refractivity (Wildman–Crippen MR) is 128 cm³/mol. The largest absolute Gasteiger partial charge is 0.505 e. The van der Waals surface area contributed by atoms with Crippen LogP contribution in [0.15, 0.2) is 49.1 Å². The number of phenolic OH excluding ortho intramolecular Hbond substituents is 1. The number of rotatable bonds is 9. The molecule has 0 atom stereocenters. The van der Waals surface area contributed by atoms with Crippen molar-refractivity contribution in [1.82, 2.24) is 0 Å². The minimum atomic E-state index is -0.871. The van der Waals surface area contributed by atoms with E-state index in [4.69, 9.17) is 9.84 Å². The monoisotopic (exact) mass is 453 g/mol. The van der Waals surface area contributed by atoms with Crippen LogP contribution in [0.25, 0.3) is 0 Å². The summed E-state index contributed by atoms with van der Waals surface area (Å²) in [5.41, 5.74) is 6.86. The fourth-order valence-corrected chi connectivity index (χ4v) is 3.74. The van der Waals surface area contributed by atoms with Gasteiger partial charge in [0.2, 0.25) is 0 Å². The molecule has 33 heavy (non-hydrogen) atoms. The van der Waals surface area contributed by atoms with E-state index in [0.717, 1.165) is 28.6 Å². The molecule has 1 heterocycles. The SMILES string of the molecule is C=CC(=O)OCCCN1c2ccccc2NN1c1cc(CCC(=O)O)cc(C(C)(C)C)c1O. The number of ether oxygens (including phenoxy) is 1. The molecule has 0 spiro atoms. The average Bonchev–Trinajstić information content (AvgIpc) is 3.13. The van der Waals surface area contributed by atoms with Gasteiger partial charge in [-0.1, -0.05) is 45.5 Å². The number of carboxylic acid groups (broad SMARTS) is 1. The fraction of sp³-hybridized carbons (Fsp3) is 0.360. The molecule has 2 aromatic carbocycles. The number of carboxylic acids is 1. The molecule has 2 aromatic rings. The van der Waals surface area contributed by atoms with Crippen LogP contribution in [0.2, 0.25) is 0 Å². The van der Waals surface area contributed by atoms with Crippen molar-refractivity contribution in [3.05, 3.63) is 60.2 Å². The number of esters is 1. The van der Waals surface area contributed by atoms with E-state index in [9.17, 15) is 14.7 Å². The second kappa shape index (κ2) is 9.85. The number of phenols is 1. The number of anilines is 3. The average molecular weight is 454 g/mol. The molecule has 1 aliphatic rings. The number of carbonyl (C=O) groups is 2. The Morgan fingerprint density at radius 2 is 1.91 bits per heavy atom. The molecule has 0 saturated carbocycles. The van der Waals surface area contributed by atoms with E-state index in [2.05, 4.69) is 12.0 Å². The molecule has 0 fully saturated rings. The smallest absolute Gasteiger partial charge is 0.330 e. The van der Waals surface area contributed by atoms with Crippen LogP contribution in [0.1, 0.15) is 44.7 Å². The Bertz CT molecular complexity index is 1040. The standard InChI is InChI=1S/C25H31N3O5/c1-5-23(31)33-14-8-13-27-20-10-7-6-9-19(20)26-28(27)21-16-17(11-12-22(29)30)15-18(24(21)32)25(2,3)4/h5-7,9-10,15-16,26,32H,1,8,11-14H2,2-4H3,(H,29,30). The zero-order valence-corrected chi connectivity index (χ0v) is 19.3. The van der Waals surface area contributed by atoms with Gasteiger partial charge in [-0.25, -0.2) is 4.79 Å². The first-order chi connectivity index (χ1) is 15.6. The van der Waals surface area contributed by atoms with Crippen molar-refractivity contribution in [2.45, 2.75) is 45.4 Å². The van der Waals surface area contributed by atoms with Crippen LogP contribution < -0.4 is 15.6 Å². The van der Waals surface area contributed by atoms with Crippen molar-refractivity contribution in [3.8, 4) is 5.75 Å². The normalized spacial score (nSPS) is 12.8. The summed E-state index contributed by atoms with van der Waals surface area (Å²) in [4.78, 5) is 22.5.